The number of hydrogen-bond acceptors (Lipinski definition) is 4. The maximum Gasteiger partial charge on any atom is 0.302 e. The molecule has 0 heterocycles. The minimum absolute atomic E-state index is 0.0389. The highest BCUT2D eigenvalue weighted by molar-refractivity contribution is 6.12. The van der Waals surface area contributed by atoms with Crippen molar-refractivity contribution in [2.45, 2.75) is 133 Å². The number of ether oxygens (including phenoxy) is 1. The number of Topliss-reactive ketones (excluding diaryl/α,β-unsaturated/α-hetero) is 2. The number of rotatable bonds is 6. The molecule has 0 bridgehead atoms. The number of halogens is 1. The van der Waals surface area contributed by atoms with Crippen molar-refractivity contribution in [3.63, 3.8) is 0 Å². The van der Waals surface area contributed by atoms with Gasteiger partial charge in [-0.05, 0) is 47.8 Å². The summed E-state index contributed by atoms with van der Waals surface area (Å²) in [5.41, 5.74) is -2.15. The fourth-order valence-corrected chi connectivity index (χ4v) is 9.72. The Morgan fingerprint density at radius 2 is 1.58 bits per heavy atom. The lowest BCUT2D eigenvalue weighted by molar-refractivity contribution is -0.190. The maximum absolute atomic E-state index is 16.5. The average molecular weight is 531 g/mol. The van der Waals surface area contributed by atoms with Gasteiger partial charge in [0.25, 0.3) is 0 Å². The van der Waals surface area contributed by atoms with Crippen LogP contribution in [0.1, 0.15) is 121 Å². The van der Waals surface area contributed by atoms with Crippen LogP contribution >= 0.6 is 0 Å². The number of alkyl halides is 1. The van der Waals surface area contributed by atoms with Gasteiger partial charge in [0.2, 0.25) is 0 Å². The molecule has 2 fully saturated rings. The first-order valence-electron chi connectivity index (χ1n) is 15.0. The van der Waals surface area contributed by atoms with Crippen LogP contribution < -0.4 is 0 Å². The Kier molecular flexibility index (Phi) is 7.18. The Bertz CT molecular complexity index is 1060. The lowest BCUT2D eigenvalue weighted by atomic mass is 9.37. The number of allylic oxidation sites excluding steroid dienone is 2. The van der Waals surface area contributed by atoms with Gasteiger partial charge in [-0.25, -0.2) is 4.39 Å². The molecule has 214 valence electrons. The molecular formula is C33H51FO4. The maximum atomic E-state index is 16.5. The fraction of sp³-hybridized carbons (Fsp3) is 0.848. The SMILES string of the molecule is CC(=O)O[C@H]1CC[C@]2(C)C3=C(C(=O)C[C@@]2(C)C1(C)C)[C@]1(C)[C@H](F)C[C@H]([C@H](C)CCCC(C)C)[C@@]1(C)CC3=O. The number of ketones is 2. The van der Waals surface area contributed by atoms with Crippen molar-refractivity contribution in [2.24, 2.45) is 44.8 Å². The molecule has 0 amide bonds. The molecule has 0 aromatic heterocycles. The van der Waals surface area contributed by atoms with Gasteiger partial charge in [0.1, 0.15) is 12.3 Å². The van der Waals surface area contributed by atoms with Crippen LogP contribution in [0.15, 0.2) is 11.1 Å². The quantitative estimate of drug-likeness (QED) is 0.328. The Hall–Kier alpha value is -1.52. The summed E-state index contributed by atoms with van der Waals surface area (Å²) in [6.07, 6.45) is 4.03. The first-order chi connectivity index (χ1) is 17.4. The van der Waals surface area contributed by atoms with Crippen molar-refractivity contribution in [3.8, 4) is 0 Å². The van der Waals surface area contributed by atoms with E-state index in [0.29, 0.717) is 48.7 Å². The normalized spacial score (nSPS) is 43.0. The van der Waals surface area contributed by atoms with Gasteiger partial charge < -0.3 is 4.74 Å². The Labute approximate surface area is 229 Å². The molecule has 4 aliphatic rings. The molecule has 0 radical (unpaired) electrons. The van der Waals surface area contributed by atoms with Crippen molar-refractivity contribution < 1.29 is 23.5 Å². The number of esters is 1. The van der Waals surface area contributed by atoms with E-state index in [9.17, 15) is 14.4 Å². The smallest absolute Gasteiger partial charge is 0.302 e. The third-order valence-electron chi connectivity index (χ3n) is 12.8. The summed E-state index contributed by atoms with van der Waals surface area (Å²) in [6.45, 7) is 20.5. The van der Waals surface area contributed by atoms with Crippen LogP contribution in [0.5, 0.6) is 0 Å². The minimum Gasteiger partial charge on any atom is -0.462 e. The van der Waals surface area contributed by atoms with Gasteiger partial charge >= 0.3 is 5.97 Å². The molecule has 0 saturated heterocycles. The van der Waals surface area contributed by atoms with Gasteiger partial charge in [-0.15, -0.1) is 0 Å². The van der Waals surface area contributed by atoms with Crippen molar-refractivity contribution in [2.75, 3.05) is 0 Å². The predicted octanol–water partition coefficient (Wildman–Crippen LogP) is 7.83. The molecule has 0 aromatic rings. The molecule has 2 saturated carbocycles. The Morgan fingerprint density at radius 3 is 2.16 bits per heavy atom. The second-order valence-electron chi connectivity index (χ2n) is 15.2. The molecule has 8 atom stereocenters. The summed E-state index contributed by atoms with van der Waals surface area (Å²) in [7, 11) is 0. The Morgan fingerprint density at radius 1 is 0.974 bits per heavy atom. The molecule has 0 N–H and O–H groups in total. The molecule has 0 aromatic carbocycles. The van der Waals surface area contributed by atoms with Gasteiger partial charge in [0.15, 0.2) is 11.6 Å². The van der Waals surface area contributed by atoms with E-state index < -0.39 is 33.2 Å². The molecule has 0 unspecified atom stereocenters. The lowest BCUT2D eigenvalue weighted by Crippen LogP contribution is -2.65. The van der Waals surface area contributed by atoms with E-state index in [4.69, 9.17) is 4.74 Å². The summed E-state index contributed by atoms with van der Waals surface area (Å²) in [6, 6.07) is 0. The number of carbonyl (C=O) groups is 3. The van der Waals surface area contributed by atoms with Crippen LogP contribution in [-0.4, -0.2) is 29.8 Å². The average Bonchev–Trinajstić information content (AvgIpc) is 2.99. The number of carbonyl (C=O) groups excluding carboxylic acids is 3. The number of fused-ring (bicyclic) bond motifs is 4. The van der Waals surface area contributed by atoms with E-state index in [1.807, 2.05) is 6.92 Å². The zero-order valence-electron chi connectivity index (χ0n) is 25.6. The van der Waals surface area contributed by atoms with Crippen molar-refractivity contribution in [3.05, 3.63) is 11.1 Å². The van der Waals surface area contributed by atoms with Gasteiger partial charge in [-0.1, -0.05) is 81.6 Å². The summed E-state index contributed by atoms with van der Waals surface area (Å²) in [5.74, 6) is 0.643. The molecule has 4 aliphatic carbocycles. The van der Waals surface area contributed by atoms with E-state index in [0.717, 1.165) is 19.3 Å². The predicted molar refractivity (Wildman–Crippen MR) is 148 cm³/mol. The van der Waals surface area contributed by atoms with Crippen LogP contribution in [0, 0.1) is 44.8 Å². The van der Waals surface area contributed by atoms with Crippen LogP contribution in [0.4, 0.5) is 4.39 Å². The summed E-state index contributed by atoms with van der Waals surface area (Å²) in [4.78, 5) is 40.5. The largest absolute Gasteiger partial charge is 0.462 e. The van der Waals surface area contributed by atoms with Gasteiger partial charge in [-0.3, -0.25) is 14.4 Å². The van der Waals surface area contributed by atoms with Gasteiger partial charge in [0, 0.05) is 47.2 Å². The molecular weight excluding hydrogens is 479 g/mol. The van der Waals surface area contributed by atoms with Crippen LogP contribution in [0.2, 0.25) is 0 Å². The van der Waals surface area contributed by atoms with Gasteiger partial charge in [0.05, 0.1) is 0 Å². The monoisotopic (exact) mass is 530 g/mol. The zero-order chi connectivity index (χ0) is 28.6. The summed E-state index contributed by atoms with van der Waals surface area (Å²) >= 11 is 0. The molecule has 38 heavy (non-hydrogen) atoms. The van der Waals surface area contributed by atoms with Gasteiger partial charge in [-0.2, -0.15) is 0 Å². The highest BCUT2D eigenvalue weighted by Crippen LogP contribution is 2.74. The molecule has 4 nitrogen and oxygen atoms in total. The van der Waals surface area contributed by atoms with E-state index >= 15 is 4.39 Å². The Balaban J connectivity index is 1.81. The second-order valence-corrected chi connectivity index (χ2v) is 15.2. The highest BCUT2D eigenvalue weighted by Gasteiger charge is 2.73. The fourth-order valence-electron chi connectivity index (χ4n) is 9.72. The summed E-state index contributed by atoms with van der Waals surface area (Å²) in [5, 5.41) is 0. The van der Waals surface area contributed by atoms with Crippen LogP contribution in [0.3, 0.4) is 0 Å². The molecule has 4 rings (SSSR count). The topological polar surface area (TPSA) is 60.4 Å². The van der Waals surface area contributed by atoms with Crippen molar-refractivity contribution in [1.82, 2.24) is 0 Å². The zero-order valence-corrected chi connectivity index (χ0v) is 25.6. The van der Waals surface area contributed by atoms with Crippen molar-refractivity contribution in [1.29, 1.82) is 0 Å². The van der Waals surface area contributed by atoms with E-state index in [-0.39, 0.29) is 36.0 Å². The van der Waals surface area contributed by atoms with E-state index in [1.54, 1.807) is 0 Å². The third-order valence-corrected chi connectivity index (χ3v) is 12.8. The molecule has 0 aliphatic heterocycles. The molecule has 0 spiro atoms. The lowest BCUT2D eigenvalue weighted by Gasteiger charge is -2.66. The first-order valence-corrected chi connectivity index (χ1v) is 15.0. The molecule has 5 heteroatoms. The summed E-state index contributed by atoms with van der Waals surface area (Å²) < 4.78 is 22.2. The number of hydrogen-bond donors (Lipinski definition) is 0. The highest BCUT2D eigenvalue weighted by atomic mass is 19.1. The first kappa shape index (κ1) is 29.5. The standard InChI is InChI=1S/C33H51FO4/c1-19(2)12-11-13-20(3)22-16-25(34)33(10)28-24(37)18-32(9)29(5,6)26(38-21(4)35)14-15-30(32,7)27(28)23(36)17-31(22,33)8/h19-20,22,25-26H,11-18H2,1-10H3/t20-,22-,25-,26+,30-,31-,32+,33+/m1/s1. The van der Waals surface area contributed by atoms with Crippen LogP contribution in [0.25, 0.3) is 0 Å². The van der Waals surface area contributed by atoms with Crippen LogP contribution in [-0.2, 0) is 19.1 Å². The van der Waals surface area contributed by atoms with E-state index in [1.165, 1.54) is 6.92 Å². The third kappa shape index (κ3) is 3.75. The van der Waals surface area contributed by atoms with Crippen molar-refractivity contribution >= 4 is 17.5 Å². The van der Waals surface area contributed by atoms with E-state index in [2.05, 4.69) is 55.4 Å². The second kappa shape index (κ2) is 9.26. The minimum atomic E-state index is -1.15.